The zero-order chi connectivity index (χ0) is 17.0. The van der Waals surface area contributed by atoms with Crippen molar-refractivity contribution in [3.8, 4) is 6.07 Å². The van der Waals surface area contributed by atoms with Crippen molar-refractivity contribution >= 4 is 22.3 Å². The van der Waals surface area contributed by atoms with Gasteiger partial charge in [-0.15, -0.1) is 11.3 Å². The Bertz CT molecular complexity index is 742. The third-order valence-electron chi connectivity index (χ3n) is 3.86. The van der Waals surface area contributed by atoms with E-state index in [1.54, 1.807) is 11.3 Å². The predicted molar refractivity (Wildman–Crippen MR) is 93.0 cm³/mol. The number of rotatable bonds is 6. The number of benzene rings is 1. The fourth-order valence-corrected chi connectivity index (χ4v) is 3.49. The minimum absolute atomic E-state index is 0.0483. The van der Waals surface area contributed by atoms with Crippen LogP contribution < -0.4 is 4.90 Å². The zero-order valence-corrected chi connectivity index (χ0v) is 14.4. The number of carbonyl (C=O) groups is 1. The number of anilines is 1. The van der Waals surface area contributed by atoms with E-state index in [-0.39, 0.29) is 6.42 Å². The van der Waals surface area contributed by atoms with Gasteiger partial charge >= 0.3 is 5.97 Å². The summed E-state index contributed by atoms with van der Waals surface area (Å²) >= 11 is 1.56. The number of carboxylic acid groups (broad SMARTS) is 1. The molecule has 0 aliphatic carbocycles. The lowest BCUT2D eigenvalue weighted by atomic mass is 10.1. The first-order chi connectivity index (χ1) is 10.9. The molecule has 0 aliphatic rings. The molecule has 0 saturated carbocycles. The second-order valence-corrected chi connectivity index (χ2v) is 6.83. The first-order valence-electron chi connectivity index (χ1n) is 7.44. The minimum Gasteiger partial charge on any atom is -0.481 e. The summed E-state index contributed by atoms with van der Waals surface area (Å²) < 4.78 is 0. The summed E-state index contributed by atoms with van der Waals surface area (Å²) in [5.74, 6) is -0.831. The molecule has 0 unspecified atom stereocenters. The molecule has 5 heteroatoms. The van der Waals surface area contributed by atoms with Crippen LogP contribution >= 0.6 is 11.3 Å². The summed E-state index contributed by atoms with van der Waals surface area (Å²) in [5.41, 5.74) is 3.93. The topological polar surface area (TPSA) is 64.3 Å². The van der Waals surface area contributed by atoms with E-state index in [1.807, 2.05) is 49.9 Å². The molecule has 2 aromatic rings. The molecular weight excluding hydrogens is 308 g/mol. The summed E-state index contributed by atoms with van der Waals surface area (Å²) in [4.78, 5) is 14.1. The van der Waals surface area contributed by atoms with E-state index in [2.05, 4.69) is 6.07 Å². The predicted octanol–water partition coefficient (Wildman–Crippen LogP) is 4.03. The monoisotopic (exact) mass is 328 g/mol. The van der Waals surface area contributed by atoms with Crippen LogP contribution in [0.1, 0.15) is 33.6 Å². The Morgan fingerprint density at radius 3 is 2.48 bits per heavy atom. The molecule has 1 aromatic carbocycles. The van der Waals surface area contributed by atoms with Gasteiger partial charge in [-0.05, 0) is 31.9 Å². The number of hydrogen-bond donors (Lipinski definition) is 1. The molecule has 0 aliphatic heterocycles. The standard InChI is InChI=1S/C18H20N2O2S/c1-12-4-6-15(7-5-12)11-20(9-8-17(21)22)18-16(10-19)13(2)14(3)23-18/h4-7H,8-9,11H2,1-3H3,(H,21,22). The van der Waals surface area contributed by atoms with Crippen LogP contribution in [0.5, 0.6) is 0 Å². The van der Waals surface area contributed by atoms with E-state index < -0.39 is 5.97 Å². The van der Waals surface area contributed by atoms with Crippen LogP contribution in [0, 0.1) is 32.1 Å². The van der Waals surface area contributed by atoms with Gasteiger partial charge in [-0.25, -0.2) is 0 Å². The zero-order valence-electron chi connectivity index (χ0n) is 13.6. The maximum atomic E-state index is 11.0. The van der Waals surface area contributed by atoms with Gasteiger partial charge in [0.15, 0.2) is 0 Å². The van der Waals surface area contributed by atoms with E-state index in [4.69, 9.17) is 5.11 Å². The number of hydrogen-bond acceptors (Lipinski definition) is 4. The van der Waals surface area contributed by atoms with Crippen molar-refractivity contribution in [3.63, 3.8) is 0 Å². The highest BCUT2D eigenvalue weighted by atomic mass is 32.1. The van der Waals surface area contributed by atoms with Crippen molar-refractivity contribution in [2.75, 3.05) is 11.4 Å². The first kappa shape index (κ1) is 17.0. The molecule has 1 N–H and O–H groups in total. The SMILES string of the molecule is Cc1ccc(CN(CCC(=O)O)c2sc(C)c(C)c2C#N)cc1. The molecule has 4 nitrogen and oxygen atoms in total. The average Bonchev–Trinajstić information content (AvgIpc) is 2.80. The number of aryl methyl sites for hydroxylation is 2. The Morgan fingerprint density at radius 1 is 1.26 bits per heavy atom. The second-order valence-electron chi connectivity index (χ2n) is 5.63. The van der Waals surface area contributed by atoms with Gasteiger partial charge in [0, 0.05) is 18.0 Å². The summed E-state index contributed by atoms with van der Waals surface area (Å²) in [6.45, 7) is 6.95. The van der Waals surface area contributed by atoms with Crippen molar-refractivity contribution in [3.05, 3.63) is 51.4 Å². The van der Waals surface area contributed by atoms with Crippen LogP contribution in [0.25, 0.3) is 0 Å². The summed E-state index contributed by atoms with van der Waals surface area (Å²) in [5, 5.41) is 19.3. The Kier molecular flexibility index (Phi) is 5.41. The van der Waals surface area contributed by atoms with Gasteiger partial charge < -0.3 is 10.0 Å². The van der Waals surface area contributed by atoms with Gasteiger partial charge in [-0.2, -0.15) is 5.26 Å². The highest BCUT2D eigenvalue weighted by Gasteiger charge is 2.19. The maximum absolute atomic E-state index is 11.0. The molecule has 1 aromatic heterocycles. The van der Waals surface area contributed by atoms with Gasteiger partial charge in [0.25, 0.3) is 0 Å². The van der Waals surface area contributed by atoms with E-state index in [0.29, 0.717) is 18.7 Å². The van der Waals surface area contributed by atoms with Gasteiger partial charge in [0.2, 0.25) is 0 Å². The van der Waals surface area contributed by atoms with Crippen LogP contribution in [0.15, 0.2) is 24.3 Å². The molecule has 2 rings (SSSR count). The molecular formula is C18H20N2O2S. The Balaban J connectivity index is 2.34. The van der Waals surface area contributed by atoms with Crippen LogP contribution in [0.3, 0.4) is 0 Å². The molecule has 0 spiro atoms. The third kappa shape index (κ3) is 4.11. The second kappa shape index (κ2) is 7.30. The lowest BCUT2D eigenvalue weighted by molar-refractivity contribution is -0.136. The summed E-state index contributed by atoms with van der Waals surface area (Å²) in [6, 6.07) is 10.4. The number of nitrogens with zero attached hydrogens (tertiary/aromatic N) is 2. The molecule has 0 fully saturated rings. The van der Waals surface area contributed by atoms with Crippen LogP contribution in [-0.4, -0.2) is 17.6 Å². The average molecular weight is 328 g/mol. The maximum Gasteiger partial charge on any atom is 0.305 e. The Hall–Kier alpha value is -2.32. The largest absolute Gasteiger partial charge is 0.481 e. The van der Waals surface area contributed by atoms with Crippen LogP contribution in [0.2, 0.25) is 0 Å². The Morgan fingerprint density at radius 2 is 1.91 bits per heavy atom. The lowest BCUT2D eigenvalue weighted by Gasteiger charge is -2.23. The van der Waals surface area contributed by atoms with Crippen molar-refractivity contribution in [2.45, 2.75) is 33.7 Å². The number of carboxylic acids is 1. The van der Waals surface area contributed by atoms with Gasteiger partial charge in [0.1, 0.15) is 11.1 Å². The highest BCUT2D eigenvalue weighted by molar-refractivity contribution is 7.16. The lowest BCUT2D eigenvalue weighted by Crippen LogP contribution is -2.25. The molecule has 1 heterocycles. The first-order valence-corrected chi connectivity index (χ1v) is 8.26. The molecule has 0 saturated heterocycles. The summed E-state index contributed by atoms with van der Waals surface area (Å²) in [7, 11) is 0. The quantitative estimate of drug-likeness (QED) is 0.869. The molecule has 23 heavy (non-hydrogen) atoms. The van der Waals surface area contributed by atoms with E-state index in [0.717, 1.165) is 21.0 Å². The fourth-order valence-electron chi connectivity index (χ4n) is 2.36. The van der Waals surface area contributed by atoms with Crippen LogP contribution in [-0.2, 0) is 11.3 Å². The number of aliphatic carboxylic acids is 1. The van der Waals surface area contributed by atoms with E-state index in [1.165, 1.54) is 5.56 Å². The van der Waals surface area contributed by atoms with Crippen molar-refractivity contribution in [2.24, 2.45) is 0 Å². The minimum atomic E-state index is -0.831. The van der Waals surface area contributed by atoms with Crippen molar-refractivity contribution in [1.29, 1.82) is 5.26 Å². The number of nitriles is 1. The van der Waals surface area contributed by atoms with Crippen LogP contribution in [0.4, 0.5) is 5.00 Å². The van der Waals surface area contributed by atoms with Gasteiger partial charge in [-0.1, -0.05) is 29.8 Å². The van der Waals surface area contributed by atoms with Crippen molar-refractivity contribution in [1.82, 2.24) is 0 Å². The van der Waals surface area contributed by atoms with E-state index in [9.17, 15) is 10.1 Å². The molecule has 120 valence electrons. The fraction of sp³-hybridized carbons (Fsp3) is 0.333. The Labute approximate surface area is 140 Å². The molecule has 0 radical (unpaired) electrons. The summed E-state index contributed by atoms with van der Waals surface area (Å²) in [6.07, 6.45) is 0.0483. The molecule has 0 bridgehead atoms. The third-order valence-corrected chi connectivity index (χ3v) is 5.12. The van der Waals surface area contributed by atoms with E-state index >= 15 is 0 Å². The highest BCUT2D eigenvalue weighted by Crippen LogP contribution is 2.35. The smallest absolute Gasteiger partial charge is 0.305 e. The van der Waals surface area contributed by atoms with Gasteiger partial charge in [-0.3, -0.25) is 4.79 Å². The normalized spacial score (nSPS) is 10.3. The van der Waals surface area contributed by atoms with Crippen molar-refractivity contribution < 1.29 is 9.90 Å². The molecule has 0 amide bonds. The number of thiophene rings is 1. The van der Waals surface area contributed by atoms with Gasteiger partial charge in [0.05, 0.1) is 12.0 Å². The molecule has 0 atom stereocenters.